The maximum absolute atomic E-state index is 12.6. The monoisotopic (exact) mass is 434 g/mol. The SMILES string of the molecule is O=c1[nH]c2cnc(NC[C@@H]3CCNC3)nc2n1Cc1cccc(-c2ccc(Cl)cc2)c1. The van der Waals surface area contributed by atoms with Gasteiger partial charge in [-0.25, -0.2) is 9.78 Å². The first-order chi connectivity index (χ1) is 15.2. The second kappa shape index (κ2) is 8.53. The molecule has 5 rings (SSSR count). The van der Waals surface area contributed by atoms with Crippen LogP contribution in [0.3, 0.4) is 0 Å². The minimum Gasteiger partial charge on any atom is -0.354 e. The van der Waals surface area contributed by atoms with E-state index >= 15 is 0 Å². The van der Waals surface area contributed by atoms with E-state index in [1.165, 1.54) is 0 Å². The Labute approximate surface area is 184 Å². The first-order valence-corrected chi connectivity index (χ1v) is 10.8. The Morgan fingerprint density at radius 3 is 2.84 bits per heavy atom. The van der Waals surface area contributed by atoms with E-state index in [0.29, 0.717) is 34.6 Å². The third-order valence-corrected chi connectivity index (χ3v) is 5.92. The van der Waals surface area contributed by atoms with Crippen LogP contribution in [-0.2, 0) is 6.54 Å². The largest absolute Gasteiger partial charge is 0.354 e. The molecule has 0 bridgehead atoms. The maximum atomic E-state index is 12.6. The summed E-state index contributed by atoms with van der Waals surface area (Å²) in [5.74, 6) is 1.12. The standard InChI is InChI=1S/C23H23ClN6O/c24-19-6-4-17(5-7-19)18-3-1-2-15(10-18)14-30-21-20(28-23(30)31)13-27-22(29-21)26-12-16-8-9-25-11-16/h1-7,10,13,16,25H,8-9,11-12,14H2,(H,28,31)(H,26,27,29)/t16-/m1/s1. The van der Waals surface area contributed by atoms with Gasteiger partial charge in [0.1, 0.15) is 5.52 Å². The molecule has 2 aromatic heterocycles. The maximum Gasteiger partial charge on any atom is 0.328 e. The van der Waals surface area contributed by atoms with Gasteiger partial charge in [0.05, 0.1) is 12.7 Å². The summed E-state index contributed by atoms with van der Waals surface area (Å²) >= 11 is 6.01. The number of fused-ring (bicyclic) bond motifs is 1. The fraction of sp³-hybridized carbons (Fsp3) is 0.261. The highest BCUT2D eigenvalue weighted by Gasteiger charge is 2.15. The van der Waals surface area contributed by atoms with Crippen molar-refractivity contribution < 1.29 is 0 Å². The number of hydrogen-bond donors (Lipinski definition) is 3. The van der Waals surface area contributed by atoms with Crippen molar-refractivity contribution in [3.8, 4) is 11.1 Å². The van der Waals surface area contributed by atoms with Crippen LogP contribution in [0.25, 0.3) is 22.3 Å². The number of hydrogen-bond acceptors (Lipinski definition) is 5. The van der Waals surface area contributed by atoms with Crippen molar-refractivity contribution in [3.05, 3.63) is 75.8 Å². The van der Waals surface area contributed by atoms with Crippen LogP contribution in [0.5, 0.6) is 0 Å². The minimum absolute atomic E-state index is 0.196. The molecule has 3 heterocycles. The van der Waals surface area contributed by atoms with Crippen LogP contribution >= 0.6 is 11.6 Å². The molecule has 1 aliphatic rings. The Morgan fingerprint density at radius 1 is 1.16 bits per heavy atom. The summed E-state index contributed by atoms with van der Waals surface area (Å²) in [6.07, 6.45) is 2.81. The highest BCUT2D eigenvalue weighted by molar-refractivity contribution is 6.30. The fourth-order valence-electron chi connectivity index (χ4n) is 3.98. The van der Waals surface area contributed by atoms with Crippen LogP contribution in [-0.4, -0.2) is 39.2 Å². The molecule has 8 heteroatoms. The molecule has 1 atom stereocenters. The summed E-state index contributed by atoms with van der Waals surface area (Å²) in [6, 6.07) is 15.9. The van der Waals surface area contributed by atoms with Gasteiger partial charge < -0.3 is 15.6 Å². The minimum atomic E-state index is -0.196. The molecule has 4 aromatic rings. The van der Waals surface area contributed by atoms with Gasteiger partial charge in [0.2, 0.25) is 5.95 Å². The number of nitrogens with zero attached hydrogens (tertiary/aromatic N) is 3. The van der Waals surface area contributed by atoms with E-state index in [2.05, 4.69) is 31.7 Å². The highest BCUT2D eigenvalue weighted by atomic mass is 35.5. The number of aromatic nitrogens is 4. The molecule has 1 fully saturated rings. The molecule has 0 aliphatic carbocycles. The quantitative estimate of drug-likeness (QED) is 0.432. The van der Waals surface area contributed by atoms with Crippen LogP contribution < -0.4 is 16.3 Å². The van der Waals surface area contributed by atoms with Gasteiger partial charge >= 0.3 is 5.69 Å². The topological polar surface area (TPSA) is 87.6 Å². The lowest BCUT2D eigenvalue weighted by Crippen LogP contribution is -2.19. The normalized spacial score (nSPS) is 16.1. The van der Waals surface area contributed by atoms with Crippen molar-refractivity contribution in [2.75, 3.05) is 25.0 Å². The molecule has 3 N–H and O–H groups in total. The Hall–Kier alpha value is -3.16. The third kappa shape index (κ3) is 4.33. The summed E-state index contributed by atoms with van der Waals surface area (Å²) in [4.78, 5) is 24.4. The molecule has 0 radical (unpaired) electrons. The van der Waals surface area contributed by atoms with Gasteiger partial charge in [-0.1, -0.05) is 41.9 Å². The van der Waals surface area contributed by atoms with Gasteiger partial charge in [-0.15, -0.1) is 0 Å². The number of benzene rings is 2. The molecule has 7 nitrogen and oxygen atoms in total. The second-order valence-corrected chi connectivity index (χ2v) is 8.33. The Balaban J connectivity index is 1.41. The van der Waals surface area contributed by atoms with Gasteiger partial charge in [0, 0.05) is 11.6 Å². The van der Waals surface area contributed by atoms with E-state index in [1.54, 1.807) is 10.8 Å². The average Bonchev–Trinajstić information content (AvgIpc) is 3.41. The van der Waals surface area contributed by atoms with Crippen LogP contribution in [0.15, 0.2) is 59.5 Å². The van der Waals surface area contributed by atoms with Crippen LogP contribution in [0, 0.1) is 5.92 Å². The summed E-state index contributed by atoms with van der Waals surface area (Å²) in [7, 11) is 0. The van der Waals surface area contributed by atoms with Crippen molar-refractivity contribution in [1.29, 1.82) is 0 Å². The summed E-state index contributed by atoms with van der Waals surface area (Å²) in [6.45, 7) is 3.30. The fourth-order valence-corrected chi connectivity index (χ4v) is 4.10. The van der Waals surface area contributed by atoms with Crippen molar-refractivity contribution >= 4 is 28.7 Å². The van der Waals surface area contributed by atoms with Gasteiger partial charge in [-0.05, 0) is 60.3 Å². The van der Waals surface area contributed by atoms with Crippen molar-refractivity contribution in [1.82, 2.24) is 24.8 Å². The van der Waals surface area contributed by atoms with Crippen LogP contribution in [0.4, 0.5) is 5.95 Å². The molecule has 0 unspecified atom stereocenters. The van der Waals surface area contributed by atoms with Crippen molar-refractivity contribution in [2.45, 2.75) is 13.0 Å². The van der Waals surface area contributed by atoms with Crippen LogP contribution in [0.1, 0.15) is 12.0 Å². The second-order valence-electron chi connectivity index (χ2n) is 7.89. The molecule has 31 heavy (non-hydrogen) atoms. The number of aromatic amines is 1. The van der Waals surface area contributed by atoms with E-state index in [0.717, 1.165) is 42.7 Å². The Kier molecular flexibility index (Phi) is 5.44. The average molecular weight is 435 g/mol. The molecule has 158 valence electrons. The van der Waals surface area contributed by atoms with E-state index < -0.39 is 0 Å². The first kappa shape index (κ1) is 19.8. The molecule has 0 spiro atoms. The summed E-state index contributed by atoms with van der Waals surface area (Å²) < 4.78 is 1.65. The zero-order valence-corrected chi connectivity index (χ0v) is 17.7. The summed E-state index contributed by atoms with van der Waals surface area (Å²) in [5, 5.41) is 7.38. The van der Waals surface area contributed by atoms with Gasteiger partial charge in [0.25, 0.3) is 0 Å². The molecular formula is C23H23ClN6O. The van der Waals surface area contributed by atoms with Gasteiger partial charge in [-0.3, -0.25) is 4.57 Å². The van der Waals surface area contributed by atoms with Crippen LogP contribution in [0.2, 0.25) is 5.02 Å². The molecule has 2 aromatic carbocycles. The van der Waals surface area contributed by atoms with E-state index in [9.17, 15) is 4.79 Å². The predicted octanol–water partition coefficient (Wildman–Crippen LogP) is 3.51. The molecular weight excluding hydrogens is 412 g/mol. The molecule has 1 saturated heterocycles. The first-order valence-electron chi connectivity index (χ1n) is 10.4. The number of nitrogens with one attached hydrogen (secondary N) is 3. The lowest BCUT2D eigenvalue weighted by molar-refractivity contribution is 0.613. The number of rotatable bonds is 6. The van der Waals surface area contributed by atoms with Gasteiger partial charge in [-0.2, -0.15) is 4.98 Å². The number of halogens is 1. The van der Waals surface area contributed by atoms with E-state index in [4.69, 9.17) is 11.6 Å². The lowest BCUT2D eigenvalue weighted by Gasteiger charge is -2.10. The van der Waals surface area contributed by atoms with E-state index in [1.807, 2.05) is 42.5 Å². The Morgan fingerprint density at radius 2 is 2.03 bits per heavy atom. The van der Waals surface area contributed by atoms with E-state index in [-0.39, 0.29) is 5.69 Å². The lowest BCUT2D eigenvalue weighted by atomic mass is 10.0. The number of anilines is 1. The molecule has 0 amide bonds. The molecule has 0 saturated carbocycles. The summed E-state index contributed by atoms with van der Waals surface area (Å²) in [5.41, 5.74) is 4.20. The predicted molar refractivity (Wildman–Crippen MR) is 124 cm³/mol. The zero-order chi connectivity index (χ0) is 21.2. The van der Waals surface area contributed by atoms with Crippen molar-refractivity contribution in [2.24, 2.45) is 5.92 Å². The number of H-pyrrole nitrogens is 1. The molecule has 1 aliphatic heterocycles. The third-order valence-electron chi connectivity index (χ3n) is 5.67. The zero-order valence-electron chi connectivity index (χ0n) is 16.9. The highest BCUT2D eigenvalue weighted by Crippen LogP contribution is 2.23. The van der Waals surface area contributed by atoms with Crippen molar-refractivity contribution in [3.63, 3.8) is 0 Å². The smallest absolute Gasteiger partial charge is 0.328 e. The Bertz CT molecular complexity index is 1260. The van der Waals surface area contributed by atoms with Gasteiger partial charge in [0.15, 0.2) is 5.65 Å². The number of imidazole rings is 1.